The minimum atomic E-state index is -0.538. The SMILES string of the molecule is COc1cc(C(N)=O)cc(Nc2cccc(CN)c2)n1. The summed E-state index contributed by atoms with van der Waals surface area (Å²) >= 11 is 0. The molecule has 0 bridgehead atoms. The van der Waals surface area contributed by atoms with Crippen molar-refractivity contribution in [3.05, 3.63) is 47.5 Å². The molecule has 0 saturated heterocycles. The van der Waals surface area contributed by atoms with Gasteiger partial charge in [-0.25, -0.2) is 0 Å². The van der Waals surface area contributed by atoms with E-state index >= 15 is 0 Å². The van der Waals surface area contributed by atoms with E-state index in [1.165, 1.54) is 13.2 Å². The normalized spacial score (nSPS) is 10.1. The number of carbonyl (C=O) groups is 1. The molecule has 0 atom stereocenters. The number of amides is 1. The van der Waals surface area contributed by atoms with Gasteiger partial charge in [0, 0.05) is 23.9 Å². The average molecular weight is 272 g/mol. The highest BCUT2D eigenvalue weighted by Crippen LogP contribution is 2.20. The number of nitrogens with two attached hydrogens (primary N) is 2. The van der Waals surface area contributed by atoms with Crippen LogP contribution in [0.1, 0.15) is 15.9 Å². The average Bonchev–Trinajstić information content (AvgIpc) is 2.47. The zero-order chi connectivity index (χ0) is 14.5. The van der Waals surface area contributed by atoms with Crippen LogP contribution in [-0.2, 0) is 6.54 Å². The van der Waals surface area contributed by atoms with Crippen molar-refractivity contribution >= 4 is 17.4 Å². The second kappa shape index (κ2) is 6.03. The van der Waals surface area contributed by atoms with Gasteiger partial charge in [0.2, 0.25) is 11.8 Å². The van der Waals surface area contributed by atoms with Crippen molar-refractivity contribution in [2.24, 2.45) is 11.5 Å². The summed E-state index contributed by atoms with van der Waals surface area (Å²) in [5, 5.41) is 3.09. The number of ether oxygens (including phenoxy) is 1. The molecule has 5 N–H and O–H groups in total. The summed E-state index contributed by atoms with van der Waals surface area (Å²) in [6.07, 6.45) is 0. The zero-order valence-electron chi connectivity index (χ0n) is 11.1. The topological polar surface area (TPSA) is 103 Å². The van der Waals surface area contributed by atoms with Gasteiger partial charge in [-0.3, -0.25) is 4.79 Å². The van der Waals surface area contributed by atoms with Crippen molar-refractivity contribution in [3.63, 3.8) is 0 Å². The van der Waals surface area contributed by atoms with E-state index in [9.17, 15) is 4.79 Å². The molecule has 1 aromatic carbocycles. The van der Waals surface area contributed by atoms with E-state index in [-0.39, 0.29) is 0 Å². The monoisotopic (exact) mass is 272 g/mol. The van der Waals surface area contributed by atoms with Crippen LogP contribution in [0.15, 0.2) is 36.4 Å². The Labute approximate surface area is 116 Å². The first-order valence-electron chi connectivity index (χ1n) is 6.04. The number of aromatic nitrogens is 1. The molecule has 1 heterocycles. The first-order chi connectivity index (χ1) is 9.62. The first-order valence-corrected chi connectivity index (χ1v) is 6.04. The van der Waals surface area contributed by atoms with Crippen LogP contribution in [-0.4, -0.2) is 18.0 Å². The van der Waals surface area contributed by atoms with Crippen LogP contribution in [0.4, 0.5) is 11.5 Å². The summed E-state index contributed by atoms with van der Waals surface area (Å²) in [6.45, 7) is 0.452. The predicted octanol–water partition coefficient (Wildman–Crippen LogP) is 1.39. The molecule has 104 valence electrons. The van der Waals surface area contributed by atoms with Crippen LogP contribution in [0.2, 0.25) is 0 Å². The van der Waals surface area contributed by atoms with E-state index in [4.69, 9.17) is 16.2 Å². The van der Waals surface area contributed by atoms with Gasteiger partial charge in [0.05, 0.1) is 7.11 Å². The maximum absolute atomic E-state index is 11.3. The van der Waals surface area contributed by atoms with Crippen LogP contribution in [0.5, 0.6) is 5.88 Å². The quantitative estimate of drug-likeness (QED) is 0.763. The maximum atomic E-state index is 11.3. The number of nitrogens with one attached hydrogen (secondary N) is 1. The Hall–Kier alpha value is -2.60. The minimum absolute atomic E-state index is 0.318. The Morgan fingerprint density at radius 3 is 2.80 bits per heavy atom. The number of hydrogen-bond acceptors (Lipinski definition) is 5. The van der Waals surface area contributed by atoms with Crippen molar-refractivity contribution in [2.75, 3.05) is 12.4 Å². The number of hydrogen-bond donors (Lipinski definition) is 3. The molecule has 1 aromatic heterocycles. The van der Waals surface area contributed by atoms with Crippen molar-refractivity contribution in [1.29, 1.82) is 0 Å². The van der Waals surface area contributed by atoms with Crippen LogP contribution < -0.4 is 21.5 Å². The van der Waals surface area contributed by atoms with Crippen LogP contribution in [0.3, 0.4) is 0 Å². The highest BCUT2D eigenvalue weighted by molar-refractivity contribution is 5.94. The Kier molecular flexibility index (Phi) is 4.17. The van der Waals surface area contributed by atoms with E-state index in [2.05, 4.69) is 10.3 Å². The van der Waals surface area contributed by atoms with Gasteiger partial charge in [-0.1, -0.05) is 12.1 Å². The number of methoxy groups -OCH3 is 1. The van der Waals surface area contributed by atoms with Gasteiger partial charge < -0.3 is 21.5 Å². The molecule has 6 heteroatoms. The molecule has 0 fully saturated rings. The lowest BCUT2D eigenvalue weighted by Crippen LogP contribution is -2.12. The number of pyridine rings is 1. The summed E-state index contributed by atoms with van der Waals surface area (Å²) in [5.74, 6) is 0.260. The highest BCUT2D eigenvalue weighted by atomic mass is 16.5. The van der Waals surface area contributed by atoms with Crippen molar-refractivity contribution in [1.82, 2.24) is 4.98 Å². The number of benzene rings is 1. The van der Waals surface area contributed by atoms with E-state index in [0.717, 1.165) is 11.3 Å². The molecule has 0 aliphatic heterocycles. The zero-order valence-corrected chi connectivity index (χ0v) is 11.1. The van der Waals surface area contributed by atoms with E-state index < -0.39 is 5.91 Å². The molecular weight excluding hydrogens is 256 g/mol. The molecule has 0 unspecified atom stereocenters. The lowest BCUT2D eigenvalue weighted by molar-refractivity contribution is 0.1000. The fraction of sp³-hybridized carbons (Fsp3) is 0.143. The molecular formula is C14H16N4O2. The molecule has 20 heavy (non-hydrogen) atoms. The number of anilines is 2. The molecule has 0 saturated carbocycles. The molecule has 0 radical (unpaired) electrons. The second-order valence-electron chi connectivity index (χ2n) is 4.18. The molecule has 0 aliphatic rings. The highest BCUT2D eigenvalue weighted by Gasteiger charge is 2.07. The minimum Gasteiger partial charge on any atom is -0.481 e. The summed E-state index contributed by atoms with van der Waals surface area (Å²) in [7, 11) is 1.48. The molecule has 0 spiro atoms. The van der Waals surface area contributed by atoms with Gasteiger partial charge in [-0.15, -0.1) is 0 Å². The van der Waals surface area contributed by atoms with Gasteiger partial charge in [0.1, 0.15) is 5.82 Å². The van der Waals surface area contributed by atoms with E-state index in [1.807, 2.05) is 24.3 Å². The molecule has 1 amide bonds. The van der Waals surface area contributed by atoms with Gasteiger partial charge in [-0.05, 0) is 23.8 Å². The van der Waals surface area contributed by atoms with Crippen molar-refractivity contribution < 1.29 is 9.53 Å². The number of nitrogens with zero attached hydrogens (tertiary/aromatic N) is 1. The standard InChI is InChI=1S/C14H16N4O2/c1-20-13-7-10(14(16)19)6-12(18-13)17-11-4-2-3-9(5-11)8-15/h2-7H,8,15H2,1H3,(H2,16,19)(H,17,18). The van der Waals surface area contributed by atoms with E-state index in [0.29, 0.717) is 23.8 Å². The second-order valence-corrected chi connectivity index (χ2v) is 4.18. The van der Waals surface area contributed by atoms with Gasteiger partial charge in [-0.2, -0.15) is 4.98 Å². The summed E-state index contributed by atoms with van der Waals surface area (Å²) < 4.78 is 5.05. The smallest absolute Gasteiger partial charge is 0.249 e. The third kappa shape index (κ3) is 3.24. The summed E-state index contributed by atoms with van der Waals surface area (Å²) in [4.78, 5) is 15.5. The Balaban J connectivity index is 2.32. The Bertz CT molecular complexity index is 628. The van der Waals surface area contributed by atoms with Crippen molar-refractivity contribution in [3.8, 4) is 5.88 Å². The maximum Gasteiger partial charge on any atom is 0.249 e. The largest absolute Gasteiger partial charge is 0.481 e. The number of primary amides is 1. The Morgan fingerprint density at radius 1 is 1.35 bits per heavy atom. The molecule has 0 aliphatic carbocycles. The lowest BCUT2D eigenvalue weighted by atomic mass is 10.2. The van der Waals surface area contributed by atoms with Gasteiger partial charge in [0.15, 0.2) is 0 Å². The third-order valence-corrected chi connectivity index (χ3v) is 2.73. The third-order valence-electron chi connectivity index (χ3n) is 2.73. The predicted molar refractivity (Wildman–Crippen MR) is 76.9 cm³/mol. The van der Waals surface area contributed by atoms with Crippen LogP contribution in [0.25, 0.3) is 0 Å². The molecule has 6 nitrogen and oxygen atoms in total. The van der Waals surface area contributed by atoms with Gasteiger partial charge in [0.25, 0.3) is 0 Å². The molecule has 2 rings (SSSR count). The van der Waals surface area contributed by atoms with Crippen molar-refractivity contribution in [2.45, 2.75) is 6.54 Å². The number of carbonyl (C=O) groups excluding carboxylic acids is 1. The fourth-order valence-electron chi connectivity index (χ4n) is 1.74. The van der Waals surface area contributed by atoms with Crippen LogP contribution >= 0.6 is 0 Å². The first kappa shape index (κ1) is 13.8. The Morgan fingerprint density at radius 2 is 2.15 bits per heavy atom. The van der Waals surface area contributed by atoms with Crippen LogP contribution in [0, 0.1) is 0 Å². The summed E-state index contributed by atoms with van der Waals surface area (Å²) in [5.41, 5.74) is 13.0. The summed E-state index contributed by atoms with van der Waals surface area (Å²) in [6, 6.07) is 10.7. The molecule has 2 aromatic rings. The van der Waals surface area contributed by atoms with E-state index in [1.54, 1.807) is 6.07 Å². The lowest BCUT2D eigenvalue weighted by Gasteiger charge is -2.09. The number of rotatable bonds is 5. The fourth-order valence-corrected chi connectivity index (χ4v) is 1.74. The van der Waals surface area contributed by atoms with Gasteiger partial charge >= 0.3 is 0 Å².